The van der Waals surface area contributed by atoms with E-state index >= 15 is 0 Å². The second-order valence-electron chi connectivity index (χ2n) is 7.09. The number of para-hydroxylation sites is 1. The Morgan fingerprint density at radius 3 is 2.54 bits per heavy atom. The van der Waals surface area contributed by atoms with Gasteiger partial charge in [-0.25, -0.2) is 4.98 Å². The molecule has 0 radical (unpaired) electrons. The molecule has 3 rings (SSSR count). The van der Waals surface area contributed by atoms with Gasteiger partial charge in [0.1, 0.15) is 0 Å². The van der Waals surface area contributed by atoms with Gasteiger partial charge >= 0.3 is 0 Å². The number of carbonyl (C=O) groups excluding carboxylic acids is 1. The van der Waals surface area contributed by atoms with E-state index in [0.29, 0.717) is 23.7 Å². The molecule has 3 aromatic rings. The summed E-state index contributed by atoms with van der Waals surface area (Å²) in [6.45, 7) is 10.2. The number of rotatable bonds is 8. The molecule has 2 heterocycles. The zero-order valence-electron chi connectivity index (χ0n) is 16.9. The minimum atomic E-state index is -0.0674. The summed E-state index contributed by atoms with van der Waals surface area (Å²) in [4.78, 5) is 24.4. The van der Waals surface area contributed by atoms with Crippen molar-refractivity contribution in [1.29, 1.82) is 0 Å². The van der Waals surface area contributed by atoms with Crippen molar-refractivity contribution >= 4 is 16.8 Å². The van der Waals surface area contributed by atoms with Crippen LogP contribution in [0.15, 0.2) is 54.7 Å². The van der Waals surface area contributed by atoms with Crippen LogP contribution in [0.3, 0.4) is 0 Å². The molecular formula is C23H28N4O. The predicted octanol–water partition coefficient (Wildman–Crippen LogP) is 4.00. The first kappa shape index (κ1) is 20.0. The first-order valence-electron chi connectivity index (χ1n) is 9.94. The summed E-state index contributed by atoms with van der Waals surface area (Å²) in [7, 11) is 0. The maximum atomic E-state index is 13.0. The molecule has 0 spiro atoms. The number of nitrogens with one attached hydrogen (secondary N) is 1. The summed E-state index contributed by atoms with van der Waals surface area (Å²) in [5, 5.41) is 3.97. The topological polar surface area (TPSA) is 58.1 Å². The summed E-state index contributed by atoms with van der Waals surface area (Å²) in [6.07, 6.45) is 1.74. The molecule has 1 N–H and O–H groups in total. The highest BCUT2D eigenvalue weighted by atomic mass is 16.1. The lowest BCUT2D eigenvalue weighted by molar-refractivity contribution is 0.0946. The summed E-state index contributed by atoms with van der Waals surface area (Å²) in [5.74, 6) is 0.314. The number of pyridine rings is 2. The molecule has 5 heteroatoms. The molecule has 2 aromatic heterocycles. The maximum Gasteiger partial charge on any atom is 0.252 e. The minimum Gasteiger partial charge on any atom is -0.352 e. The van der Waals surface area contributed by atoms with Crippen molar-refractivity contribution in [3.8, 4) is 11.4 Å². The first-order valence-corrected chi connectivity index (χ1v) is 9.94. The Morgan fingerprint density at radius 2 is 1.82 bits per heavy atom. The van der Waals surface area contributed by atoms with Gasteiger partial charge in [-0.05, 0) is 43.3 Å². The quantitative estimate of drug-likeness (QED) is 0.645. The van der Waals surface area contributed by atoms with E-state index in [9.17, 15) is 4.79 Å². The van der Waals surface area contributed by atoms with Crippen LogP contribution in [0, 0.1) is 5.92 Å². The number of benzene rings is 1. The van der Waals surface area contributed by atoms with Gasteiger partial charge in [0.05, 0.1) is 22.5 Å². The van der Waals surface area contributed by atoms with Gasteiger partial charge in [-0.3, -0.25) is 9.78 Å². The average molecular weight is 377 g/mol. The second-order valence-corrected chi connectivity index (χ2v) is 7.09. The Bertz CT molecular complexity index is 922. The molecule has 0 aliphatic rings. The van der Waals surface area contributed by atoms with Gasteiger partial charge in [0.25, 0.3) is 5.91 Å². The third-order valence-corrected chi connectivity index (χ3v) is 4.96. The molecule has 0 saturated carbocycles. The Balaban J connectivity index is 1.84. The largest absolute Gasteiger partial charge is 0.352 e. The molecule has 0 bridgehead atoms. The number of amides is 1. The molecule has 0 fully saturated rings. The zero-order chi connectivity index (χ0) is 19.9. The van der Waals surface area contributed by atoms with Crippen LogP contribution < -0.4 is 5.32 Å². The van der Waals surface area contributed by atoms with E-state index in [1.165, 1.54) is 0 Å². The summed E-state index contributed by atoms with van der Waals surface area (Å²) in [6, 6.07) is 15.3. The lowest BCUT2D eigenvalue weighted by Gasteiger charge is -2.23. The lowest BCUT2D eigenvalue weighted by atomic mass is 10.0. The van der Waals surface area contributed by atoms with Crippen LogP contribution in [0.4, 0.5) is 0 Å². The molecule has 0 aliphatic carbocycles. The van der Waals surface area contributed by atoms with Gasteiger partial charge in [-0.1, -0.05) is 45.0 Å². The summed E-state index contributed by atoms with van der Waals surface area (Å²) in [5.41, 5.74) is 2.91. The maximum absolute atomic E-state index is 13.0. The van der Waals surface area contributed by atoms with Crippen LogP contribution in [0.25, 0.3) is 22.3 Å². The second kappa shape index (κ2) is 9.42. The van der Waals surface area contributed by atoms with Gasteiger partial charge in [0.2, 0.25) is 0 Å². The molecule has 5 nitrogen and oxygen atoms in total. The molecule has 1 amide bonds. The normalized spacial score (nSPS) is 12.3. The lowest BCUT2D eigenvalue weighted by Crippen LogP contribution is -2.35. The van der Waals surface area contributed by atoms with Gasteiger partial charge in [0.15, 0.2) is 0 Å². The summed E-state index contributed by atoms with van der Waals surface area (Å²) >= 11 is 0. The van der Waals surface area contributed by atoms with E-state index in [2.05, 4.69) is 36.0 Å². The Hall–Kier alpha value is -2.79. The van der Waals surface area contributed by atoms with E-state index in [1.54, 1.807) is 6.20 Å². The number of hydrogen-bond acceptors (Lipinski definition) is 4. The van der Waals surface area contributed by atoms with Crippen molar-refractivity contribution in [1.82, 2.24) is 20.2 Å². The number of aromatic nitrogens is 2. The molecule has 1 unspecified atom stereocenters. The highest BCUT2D eigenvalue weighted by Crippen LogP contribution is 2.23. The molecule has 146 valence electrons. The highest BCUT2D eigenvalue weighted by molar-refractivity contribution is 6.07. The van der Waals surface area contributed by atoms with Crippen LogP contribution in [-0.4, -0.2) is 47.0 Å². The molecular weight excluding hydrogens is 348 g/mol. The fourth-order valence-electron chi connectivity index (χ4n) is 3.36. The first-order chi connectivity index (χ1) is 13.6. The van der Waals surface area contributed by atoms with Crippen molar-refractivity contribution < 1.29 is 4.79 Å². The van der Waals surface area contributed by atoms with Gasteiger partial charge in [-0.2, -0.15) is 0 Å². The van der Waals surface area contributed by atoms with Gasteiger partial charge < -0.3 is 10.2 Å². The van der Waals surface area contributed by atoms with Crippen molar-refractivity contribution in [2.45, 2.75) is 20.8 Å². The number of carbonyl (C=O) groups is 1. The highest BCUT2D eigenvalue weighted by Gasteiger charge is 2.15. The van der Waals surface area contributed by atoms with Gasteiger partial charge in [0, 0.05) is 24.7 Å². The molecule has 0 saturated heterocycles. The number of fused-ring (bicyclic) bond motifs is 1. The van der Waals surface area contributed by atoms with E-state index < -0.39 is 0 Å². The predicted molar refractivity (Wildman–Crippen MR) is 114 cm³/mol. The molecule has 28 heavy (non-hydrogen) atoms. The monoisotopic (exact) mass is 376 g/mol. The fourth-order valence-corrected chi connectivity index (χ4v) is 3.36. The van der Waals surface area contributed by atoms with Crippen molar-refractivity contribution in [2.24, 2.45) is 5.92 Å². The smallest absolute Gasteiger partial charge is 0.252 e. The van der Waals surface area contributed by atoms with Crippen molar-refractivity contribution in [3.05, 3.63) is 60.3 Å². The SMILES string of the molecule is CCN(CC)CC(C)CNC(=O)c1cc(-c2ccccn2)nc2ccccc12. The van der Waals surface area contributed by atoms with Gasteiger partial charge in [-0.15, -0.1) is 0 Å². The fraction of sp³-hybridized carbons (Fsp3) is 0.348. The Labute approximate surface area is 166 Å². The zero-order valence-corrected chi connectivity index (χ0v) is 16.9. The molecule has 1 atom stereocenters. The van der Waals surface area contributed by atoms with Crippen LogP contribution in [0.2, 0.25) is 0 Å². The van der Waals surface area contributed by atoms with Crippen molar-refractivity contribution in [2.75, 3.05) is 26.2 Å². The number of nitrogens with zero attached hydrogens (tertiary/aromatic N) is 3. The van der Waals surface area contributed by atoms with E-state index in [0.717, 1.165) is 36.2 Å². The Morgan fingerprint density at radius 1 is 1.07 bits per heavy atom. The van der Waals surface area contributed by atoms with Crippen LogP contribution in [0.1, 0.15) is 31.1 Å². The summed E-state index contributed by atoms with van der Waals surface area (Å²) < 4.78 is 0. The number of hydrogen-bond donors (Lipinski definition) is 1. The standard InChI is InChI=1S/C23H28N4O/c1-4-27(5-2)16-17(3)15-25-23(28)19-14-22(21-12-8-9-13-24-21)26-20-11-7-6-10-18(19)20/h6-14,17H,4-5,15-16H2,1-3H3,(H,25,28). The van der Waals surface area contributed by atoms with Crippen LogP contribution >= 0.6 is 0 Å². The van der Waals surface area contributed by atoms with Crippen LogP contribution in [-0.2, 0) is 0 Å². The molecule has 1 aromatic carbocycles. The Kier molecular flexibility index (Phi) is 6.71. The van der Waals surface area contributed by atoms with Crippen LogP contribution in [0.5, 0.6) is 0 Å². The third kappa shape index (κ3) is 4.73. The average Bonchev–Trinajstić information content (AvgIpc) is 2.75. The van der Waals surface area contributed by atoms with Crippen molar-refractivity contribution in [3.63, 3.8) is 0 Å². The third-order valence-electron chi connectivity index (χ3n) is 4.96. The van der Waals surface area contributed by atoms with E-state index in [1.807, 2.05) is 48.5 Å². The minimum absolute atomic E-state index is 0.0674. The van der Waals surface area contributed by atoms with E-state index in [4.69, 9.17) is 4.98 Å². The van der Waals surface area contributed by atoms with E-state index in [-0.39, 0.29) is 5.91 Å². The molecule has 0 aliphatic heterocycles.